The van der Waals surface area contributed by atoms with Gasteiger partial charge in [0.05, 0.1) is 16.1 Å². The topological polar surface area (TPSA) is 80.8 Å². The molecule has 2 heterocycles. The van der Waals surface area contributed by atoms with Crippen LogP contribution in [0.4, 0.5) is 4.79 Å². The van der Waals surface area contributed by atoms with Crippen LogP contribution in [0, 0.1) is 0 Å². The Morgan fingerprint density at radius 3 is 2.62 bits per heavy atom. The third-order valence-electron chi connectivity index (χ3n) is 5.25. The number of halogens is 2. The molecule has 7 nitrogen and oxygen atoms in total. The Morgan fingerprint density at radius 2 is 1.97 bits per heavy atom. The van der Waals surface area contributed by atoms with E-state index in [0.29, 0.717) is 35.7 Å². The van der Waals surface area contributed by atoms with Crippen LogP contribution in [0.5, 0.6) is 5.75 Å². The molecule has 1 aromatic heterocycles. The lowest BCUT2D eigenvalue weighted by Gasteiger charge is -2.30. The lowest BCUT2D eigenvalue weighted by Crippen LogP contribution is -2.48. The van der Waals surface area contributed by atoms with Crippen LogP contribution in [0.3, 0.4) is 0 Å². The number of carbonyl (C=O) groups excluding carboxylic acids is 2. The van der Waals surface area contributed by atoms with Gasteiger partial charge in [0.2, 0.25) is 5.91 Å². The first-order valence-electron chi connectivity index (χ1n) is 11.0. The van der Waals surface area contributed by atoms with Gasteiger partial charge in [0, 0.05) is 24.5 Å². The van der Waals surface area contributed by atoms with Crippen molar-refractivity contribution in [2.75, 3.05) is 13.2 Å². The summed E-state index contributed by atoms with van der Waals surface area (Å²) >= 11 is 13.0. The second kappa shape index (κ2) is 11.1. The van der Waals surface area contributed by atoms with E-state index in [0.717, 1.165) is 5.56 Å². The molecule has 0 aliphatic carbocycles. The van der Waals surface area contributed by atoms with Gasteiger partial charge in [0.15, 0.2) is 0 Å². The molecule has 1 aliphatic heterocycles. The van der Waals surface area contributed by atoms with E-state index in [1.807, 2.05) is 0 Å². The van der Waals surface area contributed by atoms with E-state index in [1.165, 1.54) is 4.90 Å². The molecular formula is C25H29Cl2N3O4. The molecule has 1 unspecified atom stereocenters. The van der Waals surface area contributed by atoms with Crippen molar-refractivity contribution in [2.45, 2.75) is 51.3 Å². The number of nitrogens with one attached hydrogen (secondary N) is 1. The quantitative estimate of drug-likeness (QED) is 0.498. The number of nitrogens with zero attached hydrogens (tertiary/aromatic N) is 2. The van der Waals surface area contributed by atoms with Crippen molar-refractivity contribution in [2.24, 2.45) is 0 Å². The summed E-state index contributed by atoms with van der Waals surface area (Å²) in [6.45, 7) is 9.76. The molecule has 1 saturated heterocycles. The number of ether oxygens (including phenoxy) is 2. The zero-order valence-electron chi connectivity index (χ0n) is 19.5. The molecule has 3 rings (SSSR count). The Bertz CT molecular complexity index is 1040. The molecule has 182 valence electrons. The van der Waals surface area contributed by atoms with Crippen molar-refractivity contribution in [3.05, 3.63) is 70.5 Å². The predicted octanol–water partition coefficient (Wildman–Crippen LogP) is 5.56. The first-order chi connectivity index (χ1) is 16.1. The Balaban J connectivity index is 1.96. The summed E-state index contributed by atoms with van der Waals surface area (Å²) < 4.78 is 11.3. The van der Waals surface area contributed by atoms with Gasteiger partial charge in [-0.25, -0.2) is 4.79 Å². The fourth-order valence-electron chi connectivity index (χ4n) is 3.79. The van der Waals surface area contributed by atoms with Crippen LogP contribution in [0.1, 0.15) is 50.8 Å². The van der Waals surface area contributed by atoms with E-state index < -0.39 is 23.8 Å². The fraction of sp³-hybridized carbons (Fsp3) is 0.400. The number of rotatable bonds is 7. The lowest BCUT2D eigenvalue weighted by molar-refractivity contribution is -0.126. The fourth-order valence-corrected chi connectivity index (χ4v) is 4.22. The number of likely N-dealkylation sites (tertiary alicyclic amines) is 1. The summed E-state index contributed by atoms with van der Waals surface area (Å²) in [7, 11) is 0. The first-order valence-corrected chi connectivity index (χ1v) is 11.8. The number of hydrogen-bond acceptors (Lipinski definition) is 5. The first kappa shape index (κ1) is 25.8. The average molecular weight is 506 g/mol. The average Bonchev–Trinajstić information content (AvgIpc) is 3.28. The largest absolute Gasteiger partial charge is 0.489 e. The maximum atomic E-state index is 13.5. The highest BCUT2D eigenvalue weighted by Crippen LogP contribution is 2.40. The van der Waals surface area contributed by atoms with Crippen LogP contribution in [0.25, 0.3) is 0 Å². The monoisotopic (exact) mass is 505 g/mol. The third kappa shape index (κ3) is 6.21. The maximum absolute atomic E-state index is 13.5. The van der Waals surface area contributed by atoms with Gasteiger partial charge in [0.25, 0.3) is 0 Å². The minimum absolute atomic E-state index is 0.247. The lowest BCUT2D eigenvalue weighted by atomic mass is 9.97. The Hall–Kier alpha value is -2.77. The molecule has 1 aliphatic rings. The Morgan fingerprint density at radius 1 is 1.26 bits per heavy atom. The van der Waals surface area contributed by atoms with Crippen LogP contribution in [0.2, 0.25) is 10.0 Å². The number of carbonyl (C=O) groups is 2. The standard InChI is InChI=1S/C25H29Cl2N3O4/c1-5-15-33-19-9-8-17(26)21(27)20(19)22(16-10-12-28-13-11-16)29-23(31)18-7-6-14-30(18)24(32)34-25(2,3)4/h5,8-13,18,22H,1,6-7,14-15H2,2-4H3,(H,29,31)/t18-,22?/m1/s1. The van der Waals surface area contributed by atoms with Crippen molar-refractivity contribution in [1.29, 1.82) is 0 Å². The minimum atomic E-state index is -0.692. The SMILES string of the molecule is C=CCOc1ccc(Cl)c(Cl)c1C(NC(=O)[C@H]1CCCN1C(=O)OC(C)(C)C)c1ccncc1. The van der Waals surface area contributed by atoms with Crippen LogP contribution >= 0.6 is 23.2 Å². The summed E-state index contributed by atoms with van der Waals surface area (Å²) in [6.07, 6.45) is 5.57. The van der Waals surface area contributed by atoms with E-state index >= 15 is 0 Å². The smallest absolute Gasteiger partial charge is 0.410 e. The Labute approximate surface area is 210 Å². The summed E-state index contributed by atoms with van der Waals surface area (Å²) in [5, 5.41) is 3.65. The molecule has 34 heavy (non-hydrogen) atoms. The molecule has 1 fully saturated rings. The van der Waals surface area contributed by atoms with Crippen LogP contribution in [-0.4, -0.2) is 46.7 Å². The van der Waals surface area contributed by atoms with Gasteiger partial charge in [-0.15, -0.1) is 0 Å². The highest BCUT2D eigenvalue weighted by atomic mass is 35.5. The van der Waals surface area contributed by atoms with Gasteiger partial charge in [-0.05, 0) is 63.4 Å². The molecule has 0 spiro atoms. The Kier molecular flexibility index (Phi) is 8.44. The molecule has 9 heteroatoms. The van der Waals surface area contributed by atoms with E-state index in [-0.39, 0.29) is 17.5 Å². The van der Waals surface area contributed by atoms with E-state index in [4.69, 9.17) is 32.7 Å². The van der Waals surface area contributed by atoms with Crippen molar-refractivity contribution >= 4 is 35.2 Å². The predicted molar refractivity (Wildman–Crippen MR) is 132 cm³/mol. The molecular weight excluding hydrogens is 477 g/mol. The van der Waals surface area contributed by atoms with Gasteiger partial charge in [-0.2, -0.15) is 0 Å². The van der Waals surface area contributed by atoms with Gasteiger partial charge in [0.1, 0.15) is 24.0 Å². The summed E-state index contributed by atoms with van der Waals surface area (Å²) in [6, 6.07) is 5.53. The van der Waals surface area contributed by atoms with Crippen molar-refractivity contribution in [1.82, 2.24) is 15.2 Å². The van der Waals surface area contributed by atoms with E-state index in [1.54, 1.807) is 63.5 Å². The van der Waals surface area contributed by atoms with E-state index in [9.17, 15) is 9.59 Å². The molecule has 1 N–H and O–H groups in total. The van der Waals surface area contributed by atoms with Gasteiger partial charge >= 0.3 is 6.09 Å². The van der Waals surface area contributed by atoms with Gasteiger partial charge in [-0.1, -0.05) is 35.9 Å². The third-order valence-corrected chi connectivity index (χ3v) is 6.07. The number of hydrogen-bond donors (Lipinski definition) is 1. The number of amides is 2. The summed E-state index contributed by atoms with van der Waals surface area (Å²) in [4.78, 5) is 31.8. The van der Waals surface area contributed by atoms with Crippen LogP contribution in [0.15, 0.2) is 49.3 Å². The summed E-state index contributed by atoms with van der Waals surface area (Å²) in [5.41, 5.74) is 0.585. The second-order valence-electron chi connectivity index (χ2n) is 8.93. The van der Waals surface area contributed by atoms with Gasteiger partial charge < -0.3 is 14.8 Å². The molecule has 1 aromatic carbocycles. The normalized spacial score (nSPS) is 16.6. The molecule has 2 aromatic rings. The molecule has 2 atom stereocenters. The summed E-state index contributed by atoms with van der Waals surface area (Å²) in [5.74, 6) is 0.141. The minimum Gasteiger partial charge on any atom is -0.489 e. The maximum Gasteiger partial charge on any atom is 0.410 e. The van der Waals surface area contributed by atoms with Crippen molar-refractivity contribution in [3.8, 4) is 5.75 Å². The van der Waals surface area contributed by atoms with Crippen molar-refractivity contribution < 1.29 is 19.1 Å². The second-order valence-corrected chi connectivity index (χ2v) is 9.71. The number of aromatic nitrogens is 1. The molecule has 0 saturated carbocycles. The van der Waals surface area contributed by atoms with Gasteiger partial charge in [-0.3, -0.25) is 14.7 Å². The highest BCUT2D eigenvalue weighted by molar-refractivity contribution is 6.42. The zero-order chi connectivity index (χ0) is 24.9. The zero-order valence-corrected chi connectivity index (χ0v) is 21.0. The van der Waals surface area contributed by atoms with Crippen LogP contribution < -0.4 is 10.1 Å². The highest BCUT2D eigenvalue weighted by Gasteiger charge is 2.38. The molecule has 0 radical (unpaired) electrons. The number of pyridine rings is 1. The van der Waals surface area contributed by atoms with Crippen LogP contribution in [-0.2, 0) is 9.53 Å². The van der Waals surface area contributed by atoms with Crippen molar-refractivity contribution in [3.63, 3.8) is 0 Å². The number of benzene rings is 1. The molecule has 0 bridgehead atoms. The molecule has 2 amide bonds. The van der Waals surface area contributed by atoms with E-state index in [2.05, 4.69) is 16.9 Å².